The summed E-state index contributed by atoms with van der Waals surface area (Å²) in [5.41, 5.74) is 1.97. The number of carbonyl (C=O) groups excluding carboxylic acids is 1. The normalized spacial score (nSPS) is 17.3. The summed E-state index contributed by atoms with van der Waals surface area (Å²) >= 11 is 0. The number of piperidine rings is 1. The lowest BCUT2D eigenvalue weighted by atomic mass is 9.99. The number of halogens is 3. The fraction of sp³-hybridized carbons (Fsp3) is 0.483. The number of rotatable bonds is 9. The Labute approximate surface area is 242 Å². The summed E-state index contributed by atoms with van der Waals surface area (Å²) in [6.45, 7) is 6.60. The third-order valence-electron chi connectivity index (χ3n) is 7.48. The maximum absolute atomic E-state index is 14.2. The standard InChI is InChI=1S/C29H34F3N7O3/c1-17(2)39(15-25(31)32)29(40)21-14-19(30)4-5-23(21)42-28-27(35-16-36-37-28)38-12-8-20(9-13-38)41-24-7-11-34-22-6-10-33-18(3)26(22)24/h4-5,7,11,14,16-18,20,25,33H,6,8-10,12-13,15H2,1-3H3. The second-order valence-electron chi connectivity index (χ2n) is 10.7. The van der Waals surface area contributed by atoms with Gasteiger partial charge in [-0.25, -0.2) is 18.2 Å². The van der Waals surface area contributed by atoms with Crippen LogP contribution in [0, 0.1) is 5.82 Å². The van der Waals surface area contributed by atoms with Crippen molar-refractivity contribution in [2.24, 2.45) is 0 Å². The molecule has 1 fully saturated rings. The molecule has 1 saturated heterocycles. The Morgan fingerprint density at radius 3 is 2.69 bits per heavy atom. The predicted octanol–water partition coefficient (Wildman–Crippen LogP) is 4.57. The van der Waals surface area contributed by atoms with Crippen molar-refractivity contribution < 1.29 is 27.4 Å². The minimum Gasteiger partial charge on any atom is -0.490 e. The molecule has 5 rings (SSSR count). The van der Waals surface area contributed by atoms with Crippen LogP contribution in [0.4, 0.5) is 19.0 Å². The van der Waals surface area contributed by atoms with Gasteiger partial charge in [0.25, 0.3) is 18.2 Å². The number of hydrogen-bond acceptors (Lipinski definition) is 9. The van der Waals surface area contributed by atoms with E-state index in [-0.39, 0.29) is 29.3 Å². The molecule has 2 aliphatic heterocycles. The monoisotopic (exact) mass is 585 g/mol. The van der Waals surface area contributed by atoms with E-state index in [1.165, 1.54) is 12.4 Å². The number of hydrogen-bond donors (Lipinski definition) is 1. The summed E-state index contributed by atoms with van der Waals surface area (Å²) in [7, 11) is 0. The molecular weight excluding hydrogens is 551 g/mol. The Hall–Kier alpha value is -4.00. The Bertz CT molecular complexity index is 1400. The molecule has 42 heavy (non-hydrogen) atoms. The number of benzene rings is 1. The van der Waals surface area contributed by atoms with Gasteiger partial charge in [-0.05, 0) is 45.0 Å². The maximum atomic E-state index is 14.2. The topological polar surface area (TPSA) is 106 Å². The minimum atomic E-state index is -2.75. The highest BCUT2D eigenvalue weighted by atomic mass is 19.3. The number of amides is 1. The molecular formula is C29H34F3N7O3. The van der Waals surface area contributed by atoms with Crippen LogP contribution in [0.25, 0.3) is 0 Å². The van der Waals surface area contributed by atoms with Gasteiger partial charge in [-0.1, -0.05) is 0 Å². The van der Waals surface area contributed by atoms with Crippen molar-refractivity contribution in [1.29, 1.82) is 0 Å². The van der Waals surface area contributed by atoms with E-state index in [4.69, 9.17) is 9.47 Å². The third-order valence-corrected chi connectivity index (χ3v) is 7.48. The number of fused-ring (bicyclic) bond motifs is 1. The summed E-state index contributed by atoms with van der Waals surface area (Å²) < 4.78 is 53.0. The zero-order chi connectivity index (χ0) is 29.8. The Morgan fingerprint density at radius 2 is 1.95 bits per heavy atom. The first kappa shape index (κ1) is 29.5. The van der Waals surface area contributed by atoms with E-state index >= 15 is 0 Å². The molecule has 0 bridgehead atoms. The highest BCUT2D eigenvalue weighted by Gasteiger charge is 2.29. The zero-order valence-electron chi connectivity index (χ0n) is 23.8. The molecule has 4 heterocycles. The van der Waals surface area contributed by atoms with Crippen molar-refractivity contribution in [2.45, 2.75) is 64.6 Å². The van der Waals surface area contributed by atoms with Gasteiger partial charge in [0.1, 0.15) is 29.7 Å². The van der Waals surface area contributed by atoms with Crippen molar-refractivity contribution in [1.82, 2.24) is 30.4 Å². The van der Waals surface area contributed by atoms with Gasteiger partial charge >= 0.3 is 0 Å². The third kappa shape index (κ3) is 6.56. The van der Waals surface area contributed by atoms with Gasteiger partial charge in [0.05, 0.1) is 17.8 Å². The second-order valence-corrected chi connectivity index (χ2v) is 10.7. The van der Waals surface area contributed by atoms with Gasteiger partial charge in [-0.15, -0.1) is 10.2 Å². The molecule has 0 spiro atoms. The Balaban J connectivity index is 1.31. The van der Waals surface area contributed by atoms with E-state index in [0.717, 1.165) is 47.0 Å². The van der Waals surface area contributed by atoms with E-state index in [0.29, 0.717) is 31.7 Å². The quantitative estimate of drug-likeness (QED) is 0.387. The number of alkyl halides is 2. The van der Waals surface area contributed by atoms with Crippen LogP contribution in [0.15, 0.2) is 36.8 Å². The molecule has 224 valence electrons. The first-order valence-corrected chi connectivity index (χ1v) is 14.1. The summed E-state index contributed by atoms with van der Waals surface area (Å²) in [4.78, 5) is 25.1. The first-order valence-electron chi connectivity index (χ1n) is 14.1. The van der Waals surface area contributed by atoms with Crippen LogP contribution in [-0.4, -0.2) is 75.7 Å². The fourth-order valence-corrected chi connectivity index (χ4v) is 5.37. The van der Waals surface area contributed by atoms with E-state index in [2.05, 4.69) is 32.4 Å². The van der Waals surface area contributed by atoms with E-state index in [1.54, 1.807) is 20.0 Å². The molecule has 1 unspecified atom stereocenters. The number of nitrogens with zero attached hydrogens (tertiary/aromatic N) is 6. The number of aromatic nitrogens is 4. The number of carbonyl (C=O) groups is 1. The lowest BCUT2D eigenvalue weighted by Crippen LogP contribution is -2.40. The van der Waals surface area contributed by atoms with Crippen molar-refractivity contribution >= 4 is 11.7 Å². The van der Waals surface area contributed by atoms with Gasteiger partial charge < -0.3 is 24.6 Å². The van der Waals surface area contributed by atoms with Crippen molar-refractivity contribution in [2.75, 3.05) is 31.1 Å². The molecule has 1 atom stereocenters. The van der Waals surface area contributed by atoms with E-state index in [9.17, 15) is 18.0 Å². The predicted molar refractivity (Wildman–Crippen MR) is 149 cm³/mol. The summed E-state index contributed by atoms with van der Waals surface area (Å²) in [5.74, 6) is -0.246. The summed E-state index contributed by atoms with van der Waals surface area (Å²) in [5, 5.41) is 11.4. The summed E-state index contributed by atoms with van der Waals surface area (Å²) in [6, 6.07) is 4.90. The highest BCUT2D eigenvalue weighted by molar-refractivity contribution is 5.97. The highest BCUT2D eigenvalue weighted by Crippen LogP contribution is 2.35. The molecule has 13 heteroatoms. The average molecular weight is 586 g/mol. The molecule has 1 aromatic carbocycles. The molecule has 2 aromatic heterocycles. The smallest absolute Gasteiger partial charge is 0.282 e. The lowest BCUT2D eigenvalue weighted by molar-refractivity contribution is 0.0473. The van der Waals surface area contributed by atoms with E-state index in [1.807, 2.05) is 11.0 Å². The van der Waals surface area contributed by atoms with Crippen molar-refractivity contribution in [3.63, 3.8) is 0 Å². The van der Waals surface area contributed by atoms with Gasteiger partial charge in [0.15, 0.2) is 5.82 Å². The molecule has 0 aliphatic carbocycles. The van der Waals surface area contributed by atoms with Crippen LogP contribution >= 0.6 is 0 Å². The van der Waals surface area contributed by atoms with Gasteiger partial charge in [-0.3, -0.25) is 9.78 Å². The lowest BCUT2D eigenvalue weighted by Gasteiger charge is -2.34. The number of pyridine rings is 1. The van der Waals surface area contributed by atoms with Gasteiger partial charge in [0, 0.05) is 62.7 Å². The first-order chi connectivity index (χ1) is 20.2. The van der Waals surface area contributed by atoms with Crippen LogP contribution in [0.3, 0.4) is 0 Å². The zero-order valence-corrected chi connectivity index (χ0v) is 23.8. The fourth-order valence-electron chi connectivity index (χ4n) is 5.37. The van der Waals surface area contributed by atoms with Crippen LogP contribution < -0.4 is 19.7 Å². The number of anilines is 1. The number of nitrogens with one attached hydrogen (secondary N) is 1. The second kappa shape index (κ2) is 12.9. The van der Waals surface area contributed by atoms with Crippen LogP contribution in [0.5, 0.6) is 17.4 Å². The molecule has 3 aromatic rings. The van der Waals surface area contributed by atoms with Gasteiger partial charge in [0.2, 0.25) is 0 Å². The Morgan fingerprint density at radius 1 is 1.17 bits per heavy atom. The average Bonchev–Trinajstić information content (AvgIpc) is 2.97. The van der Waals surface area contributed by atoms with Crippen molar-refractivity contribution in [3.8, 4) is 17.4 Å². The van der Waals surface area contributed by atoms with Crippen LogP contribution in [-0.2, 0) is 6.42 Å². The minimum absolute atomic E-state index is 0.0146. The van der Waals surface area contributed by atoms with Gasteiger partial charge in [-0.2, -0.15) is 0 Å². The van der Waals surface area contributed by atoms with Crippen LogP contribution in [0.2, 0.25) is 0 Å². The van der Waals surface area contributed by atoms with E-state index < -0.39 is 30.7 Å². The SMILES string of the molecule is CC1NCCc2nccc(OC3CCN(c4ncnnc4Oc4ccc(F)cc4C(=O)N(CC(F)F)C(C)C)CC3)c21. The molecule has 1 N–H and O–H groups in total. The maximum Gasteiger partial charge on any atom is 0.282 e. The molecule has 0 radical (unpaired) electrons. The summed E-state index contributed by atoms with van der Waals surface area (Å²) in [6.07, 6.45) is 2.60. The van der Waals surface area contributed by atoms with Crippen LogP contribution in [0.1, 0.15) is 61.3 Å². The molecule has 0 saturated carbocycles. The molecule has 10 nitrogen and oxygen atoms in total. The Kier molecular flexibility index (Phi) is 9.05. The molecule has 1 amide bonds. The molecule has 2 aliphatic rings. The number of ether oxygens (including phenoxy) is 2. The van der Waals surface area contributed by atoms with Crippen molar-refractivity contribution in [3.05, 3.63) is 59.4 Å². The largest absolute Gasteiger partial charge is 0.490 e.